The lowest BCUT2D eigenvalue weighted by Crippen LogP contribution is -2.22. The molecule has 0 aliphatic carbocycles. The normalized spacial score (nSPS) is 11.3. The third-order valence-corrected chi connectivity index (χ3v) is 2.31. The summed E-state index contributed by atoms with van der Waals surface area (Å²) >= 11 is 0. The van der Waals surface area contributed by atoms with Gasteiger partial charge in [-0.2, -0.15) is 4.99 Å². The van der Waals surface area contributed by atoms with E-state index in [0.29, 0.717) is 11.6 Å². The zero-order chi connectivity index (χ0) is 13.0. The summed E-state index contributed by atoms with van der Waals surface area (Å²) in [6, 6.07) is 7.58. The number of nitrogens with one attached hydrogen (secondary N) is 1. The minimum Gasteiger partial charge on any atom is -0.369 e. The van der Waals surface area contributed by atoms with Gasteiger partial charge in [0, 0.05) is 12.4 Å². The third kappa shape index (κ3) is 3.28. The van der Waals surface area contributed by atoms with Crippen LogP contribution < -0.4 is 11.1 Å². The van der Waals surface area contributed by atoms with Gasteiger partial charge in [0.2, 0.25) is 5.96 Å². The van der Waals surface area contributed by atoms with Gasteiger partial charge in [-0.3, -0.25) is 0 Å². The summed E-state index contributed by atoms with van der Waals surface area (Å²) in [6.07, 6.45) is 3.42. The summed E-state index contributed by atoms with van der Waals surface area (Å²) in [6.45, 7) is 3.97. The Bertz CT molecular complexity index is 577. The number of aromatic nitrogens is 2. The van der Waals surface area contributed by atoms with Gasteiger partial charge in [-0.15, -0.1) is 0 Å². The minimum atomic E-state index is 0.270. The molecule has 0 radical (unpaired) electrons. The first kappa shape index (κ1) is 12.0. The van der Waals surface area contributed by atoms with Gasteiger partial charge < -0.3 is 11.1 Å². The van der Waals surface area contributed by atoms with Gasteiger partial charge in [0.05, 0.1) is 0 Å². The molecule has 0 aliphatic heterocycles. The molecule has 0 spiro atoms. The monoisotopic (exact) mass is 241 g/mol. The van der Waals surface area contributed by atoms with Gasteiger partial charge in [-0.05, 0) is 49.2 Å². The summed E-state index contributed by atoms with van der Waals surface area (Å²) in [5.41, 5.74) is 7.99. The Morgan fingerprint density at radius 1 is 1.11 bits per heavy atom. The van der Waals surface area contributed by atoms with Crippen LogP contribution in [0.1, 0.15) is 11.1 Å². The van der Waals surface area contributed by atoms with E-state index in [-0.39, 0.29) is 5.96 Å². The highest BCUT2D eigenvalue weighted by Crippen LogP contribution is 2.10. The molecule has 2 heterocycles. The van der Waals surface area contributed by atoms with Gasteiger partial charge >= 0.3 is 0 Å². The Balaban J connectivity index is 2.14. The molecular weight excluding hydrogens is 226 g/mol. The van der Waals surface area contributed by atoms with E-state index < -0.39 is 0 Å². The van der Waals surface area contributed by atoms with Crippen LogP contribution in [0.4, 0.5) is 11.6 Å². The smallest absolute Gasteiger partial charge is 0.201 e. The van der Waals surface area contributed by atoms with Crippen LogP contribution >= 0.6 is 0 Å². The lowest BCUT2D eigenvalue weighted by Gasteiger charge is -2.04. The molecule has 2 aromatic rings. The van der Waals surface area contributed by atoms with Crippen molar-refractivity contribution < 1.29 is 0 Å². The second-order valence-corrected chi connectivity index (χ2v) is 4.03. The molecule has 0 saturated heterocycles. The summed E-state index contributed by atoms with van der Waals surface area (Å²) in [5.74, 6) is 1.52. The highest BCUT2D eigenvalue weighted by atomic mass is 15.1. The van der Waals surface area contributed by atoms with E-state index in [2.05, 4.69) is 20.3 Å². The van der Waals surface area contributed by atoms with Crippen LogP contribution in [0.3, 0.4) is 0 Å². The molecular formula is C13H15N5. The molecule has 0 bridgehead atoms. The number of rotatable bonds is 2. The molecule has 5 nitrogen and oxygen atoms in total. The first-order valence-corrected chi connectivity index (χ1v) is 5.60. The molecule has 0 unspecified atom stereocenters. The molecule has 2 aromatic heterocycles. The van der Waals surface area contributed by atoms with Crippen molar-refractivity contribution in [3.05, 3.63) is 47.8 Å². The Labute approximate surface area is 106 Å². The number of guanidine groups is 1. The fourth-order valence-electron chi connectivity index (χ4n) is 1.47. The number of hydrogen-bond acceptors (Lipinski definition) is 3. The van der Waals surface area contributed by atoms with E-state index in [1.807, 2.05) is 38.1 Å². The summed E-state index contributed by atoms with van der Waals surface area (Å²) < 4.78 is 0. The topological polar surface area (TPSA) is 76.2 Å². The van der Waals surface area contributed by atoms with Gasteiger partial charge in [-0.1, -0.05) is 0 Å². The lowest BCUT2D eigenvalue weighted by molar-refractivity contribution is 1.23. The standard InChI is InChI=1S/C13H15N5/c1-9-3-5-15-11(7-9)17-13(14)18-12-8-10(2)4-6-16-12/h3-8H,1-2H3,(H3,14,15,16,17,18). The van der Waals surface area contributed by atoms with Crippen LogP contribution in [0.25, 0.3) is 0 Å². The average molecular weight is 241 g/mol. The fraction of sp³-hybridized carbons (Fsp3) is 0.154. The molecule has 0 amide bonds. The molecule has 3 N–H and O–H groups in total. The van der Waals surface area contributed by atoms with E-state index in [9.17, 15) is 0 Å². The van der Waals surface area contributed by atoms with E-state index in [0.717, 1.165) is 11.1 Å². The zero-order valence-electron chi connectivity index (χ0n) is 10.4. The van der Waals surface area contributed by atoms with Crippen LogP contribution in [0.5, 0.6) is 0 Å². The quantitative estimate of drug-likeness (QED) is 0.624. The van der Waals surface area contributed by atoms with Crippen LogP contribution in [-0.4, -0.2) is 15.9 Å². The van der Waals surface area contributed by atoms with Crippen LogP contribution in [-0.2, 0) is 0 Å². The lowest BCUT2D eigenvalue weighted by atomic mass is 10.3. The first-order chi connectivity index (χ1) is 8.63. The van der Waals surface area contributed by atoms with Gasteiger partial charge in [-0.25, -0.2) is 9.97 Å². The Hall–Kier alpha value is -2.43. The largest absolute Gasteiger partial charge is 0.369 e. The predicted octanol–water partition coefficient (Wildman–Crippen LogP) is 2.15. The molecule has 92 valence electrons. The first-order valence-electron chi connectivity index (χ1n) is 5.60. The number of nitrogens with two attached hydrogens (primary N) is 1. The van der Waals surface area contributed by atoms with Crippen molar-refractivity contribution in [2.45, 2.75) is 13.8 Å². The highest BCUT2D eigenvalue weighted by molar-refractivity contribution is 5.92. The molecule has 18 heavy (non-hydrogen) atoms. The summed E-state index contributed by atoms with van der Waals surface area (Å²) in [7, 11) is 0. The molecule has 0 aromatic carbocycles. The fourth-order valence-corrected chi connectivity index (χ4v) is 1.47. The Kier molecular flexibility index (Phi) is 3.52. The van der Waals surface area contributed by atoms with Crippen molar-refractivity contribution in [3.63, 3.8) is 0 Å². The molecule has 2 rings (SSSR count). The van der Waals surface area contributed by atoms with E-state index in [1.165, 1.54) is 0 Å². The Morgan fingerprint density at radius 2 is 1.78 bits per heavy atom. The number of aliphatic imine (C=N–C) groups is 1. The van der Waals surface area contributed by atoms with Crippen molar-refractivity contribution in [1.82, 2.24) is 9.97 Å². The summed E-state index contributed by atoms with van der Waals surface area (Å²) in [5, 5.41) is 2.93. The number of anilines is 1. The summed E-state index contributed by atoms with van der Waals surface area (Å²) in [4.78, 5) is 12.4. The maximum absolute atomic E-state index is 5.80. The molecule has 0 fully saturated rings. The SMILES string of the molecule is Cc1ccnc(N=C(N)Nc2cc(C)ccn2)c1. The van der Waals surface area contributed by atoms with Crippen molar-refractivity contribution in [2.75, 3.05) is 5.32 Å². The number of aryl methyl sites for hydroxylation is 2. The highest BCUT2D eigenvalue weighted by Gasteiger charge is 1.98. The van der Waals surface area contributed by atoms with Crippen molar-refractivity contribution in [3.8, 4) is 0 Å². The van der Waals surface area contributed by atoms with Crippen molar-refractivity contribution in [2.24, 2.45) is 10.7 Å². The maximum atomic E-state index is 5.80. The molecule has 0 aliphatic rings. The van der Waals surface area contributed by atoms with E-state index in [1.54, 1.807) is 12.4 Å². The second kappa shape index (κ2) is 5.27. The number of pyridine rings is 2. The predicted molar refractivity (Wildman–Crippen MR) is 72.9 cm³/mol. The van der Waals surface area contributed by atoms with Gasteiger partial charge in [0.1, 0.15) is 5.82 Å². The van der Waals surface area contributed by atoms with E-state index in [4.69, 9.17) is 5.73 Å². The Morgan fingerprint density at radius 3 is 2.44 bits per heavy atom. The van der Waals surface area contributed by atoms with E-state index >= 15 is 0 Å². The molecule has 5 heteroatoms. The zero-order valence-corrected chi connectivity index (χ0v) is 10.4. The van der Waals surface area contributed by atoms with Crippen LogP contribution in [0, 0.1) is 13.8 Å². The molecule has 0 atom stereocenters. The second-order valence-electron chi connectivity index (χ2n) is 4.03. The molecule has 0 saturated carbocycles. The van der Waals surface area contributed by atoms with Crippen molar-refractivity contribution >= 4 is 17.6 Å². The van der Waals surface area contributed by atoms with Gasteiger partial charge in [0.15, 0.2) is 5.82 Å². The van der Waals surface area contributed by atoms with Crippen LogP contribution in [0.2, 0.25) is 0 Å². The third-order valence-electron chi connectivity index (χ3n) is 2.31. The minimum absolute atomic E-state index is 0.270. The number of hydrogen-bond donors (Lipinski definition) is 2. The van der Waals surface area contributed by atoms with Gasteiger partial charge in [0.25, 0.3) is 0 Å². The number of nitrogens with zero attached hydrogens (tertiary/aromatic N) is 3. The van der Waals surface area contributed by atoms with Crippen molar-refractivity contribution in [1.29, 1.82) is 0 Å². The average Bonchev–Trinajstić information content (AvgIpc) is 2.28. The van der Waals surface area contributed by atoms with Crippen LogP contribution in [0.15, 0.2) is 41.7 Å². The maximum Gasteiger partial charge on any atom is 0.201 e.